The van der Waals surface area contributed by atoms with Gasteiger partial charge in [0, 0.05) is 25.7 Å². The standard InChI is InChI=1S/C13H22N4O/c1-3-13(2,18)9-14-11-8-12(16-10-15-11)17-6-4-5-7-17/h8,10,18H,3-7,9H2,1-2H3,(H,14,15,16). The van der Waals surface area contributed by atoms with E-state index in [0.717, 1.165) is 24.7 Å². The molecule has 5 heteroatoms. The molecule has 0 aromatic carbocycles. The minimum absolute atomic E-state index is 0.500. The second-order valence-electron chi connectivity index (χ2n) is 5.16. The number of aliphatic hydroxyl groups is 1. The molecule has 0 bridgehead atoms. The van der Waals surface area contributed by atoms with Crippen LogP contribution >= 0.6 is 0 Å². The van der Waals surface area contributed by atoms with Crippen molar-refractivity contribution in [2.24, 2.45) is 0 Å². The molecule has 1 aromatic rings. The maximum Gasteiger partial charge on any atom is 0.134 e. The first-order valence-corrected chi connectivity index (χ1v) is 6.64. The molecule has 1 aromatic heterocycles. The number of hydrogen-bond acceptors (Lipinski definition) is 5. The molecular formula is C13H22N4O. The fourth-order valence-electron chi connectivity index (χ4n) is 1.97. The van der Waals surface area contributed by atoms with Gasteiger partial charge >= 0.3 is 0 Å². The molecule has 0 amide bonds. The summed E-state index contributed by atoms with van der Waals surface area (Å²) in [5.41, 5.74) is -0.696. The lowest BCUT2D eigenvalue weighted by Gasteiger charge is -2.22. The van der Waals surface area contributed by atoms with Crippen molar-refractivity contribution in [1.82, 2.24) is 9.97 Å². The molecule has 100 valence electrons. The normalized spacial score (nSPS) is 18.7. The van der Waals surface area contributed by atoms with Crippen LogP contribution in [0, 0.1) is 0 Å². The van der Waals surface area contributed by atoms with Crippen LogP contribution in [0.25, 0.3) is 0 Å². The molecule has 0 spiro atoms. The van der Waals surface area contributed by atoms with Gasteiger partial charge in [-0.3, -0.25) is 0 Å². The Morgan fingerprint density at radius 3 is 2.78 bits per heavy atom. The Morgan fingerprint density at radius 2 is 2.11 bits per heavy atom. The molecule has 18 heavy (non-hydrogen) atoms. The average molecular weight is 250 g/mol. The van der Waals surface area contributed by atoms with Gasteiger partial charge < -0.3 is 15.3 Å². The number of nitrogens with zero attached hydrogens (tertiary/aromatic N) is 3. The molecule has 2 N–H and O–H groups in total. The lowest BCUT2D eigenvalue weighted by atomic mass is 10.0. The van der Waals surface area contributed by atoms with Gasteiger partial charge in [-0.2, -0.15) is 0 Å². The minimum atomic E-state index is -0.696. The summed E-state index contributed by atoms with van der Waals surface area (Å²) in [6.45, 7) is 6.44. The highest BCUT2D eigenvalue weighted by Crippen LogP contribution is 2.19. The molecular weight excluding hydrogens is 228 g/mol. The van der Waals surface area contributed by atoms with Gasteiger partial charge in [-0.05, 0) is 26.2 Å². The molecule has 0 saturated carbocycles. The van der Waals surface area contributed by atoms with Gasteiger partial charge in [0.05, 0.1) is 5.60 Å². The van der Waals surface area contributed by atoms with E-state index in [4.69, 9.17) is 0 Å². The summed E-state index contributed by atoms with van der Waals surface area (Å²) >= 11 is 0. The van der Waals surface area contributed by atoms with E-state index in [1.54, 1.807) is 6.33 Å². The molecule has 1 saturated heterocycles. The fraction of sp³-hybridized carbons (Fsp3) is 0.692. The molecule has 1 unspecified atom stereocenters. The Balaban J connectivity index is 1.99. The van der Waals surface area contributed by atoms with E-state index in [1.165, 1.54) is 12.8 Å². The van der Waals surface area contributed by atoms with Crippen LogP contribution in [0.4, 0.5) is 11.6 Å². The van der Waals surface area contributed by atoms with Crippen molar-refractivity contribution in [3.05, 3.63) is 12.4 Å². The Hall–Kier alpha value is -1.36. The minimum Gasteiger partial charge on any atom is -0.388 e. The predicted octanol–water partition coefficient (Wildman–Crippen LogP) is 1.65. The molecule has 0 radical (unpaired) electrons. The summed E-state index contributed by atoms with van der Waals surface area (Å²) in [6, 6.07) is 1.96. The maximum atomic E-state index is 9.95. The fourth-order valence-corrected chi connectivity index (χ4v) is 1.97. The lowest BCUT2D eigenvalue weighted by Crippen LogP contribution is -2.32. The third-order valence-corrected chi connectivity index (χ3v) is 3.49. The third kappa shape index (κ3) is 3.32. The van der Waals surface area contributed by atoms with Gasteiger partial charge in [-0.25, -0.2) is 9.97 Å². The van der Waals surface area contributed by atoms with Crippen LogP contribution in [0.2, 0.25) is 0 Å². The van der Waals surface area contributed by atoms with Crippen LogP contribution < -0.4 is 10.2 Å². The molecule has 2 rings (SSSR count). The quantitative estimate of drug-likeness (QED) is 0.832. The van der Waals surface area contributed by atoms with Crippen molar-refractivity contribution in [3.8, 4) is 0 Å². The Labute approximate surface area is 108 Å². The van der Waals surface area contributed by atoms with Crippen LogP contribution in [0.3, 0.4) is 0 Å². The van der Waals surface area contributed by atoms with E-state index in [-0.39, 0.29) is 0 Å². The van der Waals surface area contributed by atoms with Gasteiger partial charge in [-0.15, -0.1) is 0 Å². The van der Waals surface area contributed by atoms with Crippen molar-refractivity contribution in [2.75, 3.05) is 29.9 Å². The zero-order valence-corrected chi connectivity index (χ0v) is 11.2. The van der Waals surface area contributed by atoms with Crippen LogP contribution in [-0.2, 0) is 0 Å². The van der Waals surface area contributed by atoms with Gasteiger partial charge in [0.2, 0.25) is 0 Å². The predicted molar refractivity (Wildman–Crippen MR) is 72.9 cm³/mol. The monoisotopic (exact) mass is 250 g/mol. The molecule has 1 aliphatic rings. The summed E-state index contributed by atoms with van der Waals surface area (Å²) in [5.74, 6) is 1.75. The van der Waals surface area contributed by atoms with Crippen LogP contribution in [0.5, 0.6) is 0 Å². The zero-order valence-electron chi connectivity index (χ0n) is 11.2. The highest BCUT2D eigenvalue weighted by atomic mass is 16.3. The summed E-state index contributed by atoms with van der Waals surface area (Å²) in [6.07, 6.45) is 4.76. The van der Waals surface area contributed by atoms with E-state index in [1.807, 2.05) is 19.9 Å². The number of aromatic nitrogens is 2. The third-order valence-electron chi connectivity index (χ3n) is 3.49. The van der Waals surface area contributed by atoms with Crippen molar-refractivity contribution < 1.29 is 5.11 Å². The van der Waals surface area contributed by atoms with Crippen molar-refractivity contribution in [1.29, 1.82) is 0 Å². The number of nitrogens with one attached hydrogen (secondary N) is 1. The summed E-state index contributed by atoms with van der Waals surface area (Å²) in [5, 5.41) is 13.1. The topological polar surface area (TPSA) is 61.3 Å². The summed E-state index contributed by atoms with van der Waals surface area (Å²) < 4.78 is 0. The second kappa shape index (κ2) is 5.52. The van der Waals surface area contributed by atoms with Gasteiger partial charge in [0.1, 0.15) is 18.0 Å². The molecule has 2 heterocycles. The molecule has 1 fully saturated rings. The largest absolute Gasteiger partial charge is 0.388 e. The van der Waals surface area contributed by atoms with Crippen LogP contribution in [0.1, 0.15) is 33.1 Å². The van der Waals surface area contributed by atoms with E-state index < -0.39 is 5.60 Å². The van der Waals surface area contributed by atoms with Crippen molar-refractivity contribution in [3.63, 3.8) is 0 Å². The average Bonchev–Trinajstić information content (AvgIpc) is 2.91. The highest BCUT2D eigenvalue weighted by molar-refractivity contribution is 5.49. The Kier molecular flexibility index (Phi) is 4.01. The van der Waals surface area contributed by atoms with Crippen molar-refractivity contribution >= 4 is 11.6 Å². The summed E-state index contributed by atoms with van der Waals surface area (Å²) in [7, 11) is 0. The first-order chi connectivity index (χ1) is 8.61. The van der Waals surface area contributed by atoms with Gasteiger partial charge in [0.15, 0.2) is 0 Å². The lowest BCUT2D eigenvalue weighted by molar-refractivity contribution is 0.0696. The second-order valence-corrected chi connectivity index (χ2v) is 5.16. The zero-order chi connectivity index (χ0) is 13.0. The molecule has 5 nitrogen and oxygen atoms in total. The smallest absolute Gasteiger partial charge is 0.134 e. The SMILES string of the molecule is CCC(C)(O)CNc1cc(N2CCCC2)ncn1. The van der Waals surface area contributed by atoms with E-state index in [9.17, 15) is 5.11 Å². The van der Waals surface area contributed by atoms with Crippen LogP contribution in [-0.4, -0.2) is 40.3 Å². The first kappa shape index (κ1) is 13.1. The van der Waals surface area contributed by atoms with E-state index in [0.29, 0.717) is 13.0 Å². The molecule has 1 aliphatic heterocycles. The highest BCUT2D eigenvalue weighted by Gasteiger charge is 2.18. The Bertz CT molecular complexity index is 388. The first-order valence-electron chi connectivity index (χ1n) is 6.64. The van der Waals surface area contributed by atoms with Crippen LogP contribution in [0.15, 0.2) is 12.4 Å². The van der Waals surface area contributed by atoms with E-state index in [2.05, 4.69) is 20.2 Å². The van der Waals surface area contributed by atoms with E-state index >= 15 is 0 Å². The Morgan fingerprint density at radius 1 is 1.39 bits per heavy atom. The molecule has 1 atom stereocenters. The molecule has 0 aliphatic carbocycles. The van der Waals surface area contributed by atoms with Gasteiger partial charge in [0.25, 0.3) is 0 Å². The number of hydrogen-bond donors (Lipinski definition) is 2. The van der Waals surface area contributed by atoms with Gasteiger partial charge in [-0.1, -0.05) is 6.92 Å². The number of rotatable bonds is 5. The maximum absolute atomic E-state index is 9.95. The summed E-state index contributed by atoms with van der Waals surface area (Å²) in [4.78, 5) is 10.8. The number of anilines is 2. The van der Waals surface area contributed by atoms with Crippen molar-refractivity contribution in [2.45, 2.75) is 38.7 Å².